The van der Waals surface area contributed by atoms with E-state index in [9.17, 15) is 8.42 Å². The number of sulfone groups is 1. The van der Waals surface area contributed by atoms with Crippen LogP contribution in [-0.4, -0.2) is 58.1 Å². The van der Waals surface area contributed by atoms with Crippen molar-refractivity contribution >= 4 is 9.84 Å². The Kier molecular flexibility index (Phi) is 6.31. The number of likely N-dealkylation sites (N-methyl/N-ethyl adjacent to an activating group) is 1. The van der Waals surface area contributed by atoms with Crippen LogP contribution in [0.25, 0.3) is 0 Å². The highest BCUT2D eigenvalue weighted by Gasteiger charge is 2.13. The molecule has 0 fully saturated rings. The lowest BCUT2D eigenvalue weighted by atomic mass is 10.4. The van der Waals surface area contributed by atoms with Crippen LogP contribution in [-0.2, 0) is 9.84 Å². The zero-order valence-electron chi connectivity index (χ0n) is 9.58. The highest BCUT2D eigenvalue weighted by atomic mass is 32.2. The zero-order chi connectivity index (χ0) is 11.2. The summed E-state index contributed by atoms with van der Waals surface area (Å²) in [5.74, 6) is 0. The molecule has 14 heavy (non-hydrogen) atoms. The summed E-state index contributed by atoms with van der Waals surface area (Å²) < 4.78 is 22.1. The molecular weight excluding hydrogens is 200 g/mol. The largest absolute Gasteiger partial charge is 0.314 e. The quantitative estimate of drug-likeness (QED) is 0.614. The van der Waals surface area contributed by atoms with Crippen molar-refractivity contribution in [1.29, 1.82) is 0 Å². The fourth-order valence-electron chi connectivity index (χ4n) is 0.885. The van der Waals surface area contributed by atoms with Crippen LogP contribution in [0.5, 0.6) is 0 Å². The highest BCUT2D eigenvalue weighted by molar-refractivity contribution is 7.91. The molecule has 0 rings (SSSR count). The van der Waals surface area contributed by atoms with E-state index in [-0.39, 0.29) is 5.25 Å². The van der Waals surface area contributed by atoms with Gasteiger partial charge in [-0.1, -0.05) is 6.92 Å². The van der Waals surface area contributed by atoms with Gasteiger partial charge in [0, 0.05) is 25.9 Å². The van der Waals surface area contributed by atoms with E-state index >= 15 is 0 Å². The Morgan fingerprint density at radius 3 is 2.43 bits per heavy atom. The topological polar surface area (TPSA) is 49.4 Å². The molecule has 0 saturated carbocycles. The lowest BCUT2D eigenvalue weighted by molar-refractivity contribution is 0.349. The molecular formula is C9H22N2O2S. The average molecular weight is 222 g/mol. The number of nitrogens with zero attached hydrogens (tertiary/aromatic N) is 1. The van der Waals surface area contributed by atoms with E-state index in [4.69, 9.17) is 0 Å². The van der Waals surface area contributed by atoms with Crippen LogP contribution in [0.1, 0.15) is 13.8 Å². The third-order valence-corrected chi connectivity index (χ3v) is 4.00. The summed E-state index contributed by atoms with van der Waals surface area (Å²) >= 11 is 0. The molecule has 0 aromatic carbocycles. The second-order valence-electron chi connectivity index (χ2n) is 3.74. The maximum Gasteiger partial charge on any atom is 0.151 e. The molecule has 0 aromatic rings. The highest BCUT2D eigenvalue weighted by Crippen LogP contribution is 1.94. The Hall–Kier alpha value is -0.130. The maximum absolute atomic E-state index is 11.1. The Morgan fingerprint density at radius 2 is 2.00 bits per heavy atom. The predicted molar refractivity (Wildman–Crippen MR) is 60.3 cm³/mol. The molecule has 0 aliphatic rings. The molecule has 1 atom stereocenters. The molecule has 0 aliphatic heterocycles. The van der Waals surface area contributed by atoms with Gasteiger partial charge in [-0.2, -0.15) is 0 Å². The van der Waals surface area contributed by atoms with Gasteiger partial charge in [-0.05, 0) is 20.5 Å². The van der Waals surface area contributed by atoms with Crippen molar-refractivity contribution in [3.05, 3.63) is 0 Å². The normalized spacial score (nSPS) is 14.6. The summed E-state index contributed by atoms with van der Waals surface area (Å²) in [7, 11) is -0.842. The fourth-order valence-corrected chi connectivity index (χ4v) is 1.31. The standard InChI is InChI=1S/C9H22N2O2S/c1-5-11(3)7-6-10-8-9(2)14(4,12)13/h9-10H,5-8H2,1-4H3. The van der Waals surface area contributed by atoms with Gasteiger partial charge in [-0.3, -0.25) is 0 Å². The van der Waals surface area contributed by atoms with Gasteiger partial charge >= 0.3 is 0 Å². The molecule has 5 heteroatoms. The molecule has 0 bridgehead atoms. The first-order valence-electron chi connectivity index (χ1n) is 4.96. The van der Waals surface area contributed by atoms with Crippen LogP contribution in [0.3, 0.4) is 0 Å². The van der Waals surface area contributed by atoms with E-state index in [0.29, 0.717) is 6.54 Å². The van der Waals surface area contributed by atoms with Crippen LogP contribution in [0.4, 0.5) is 0 Å². The number of hydrogen-bond acceptors (Lipinski definition) is 4. The van der Waals surface area contributed by atoms with E-state index in [0.717, 1.165) is 19.6 Å². The molecule has 0 aromatic heterocycles. The monoisotopic (exact) mass is 222 g/mol. The molecule has 0 amide bonds. The summed E-state index contributed by atoms with van der Waals surface area (Å²) in [5, 5.41) is 2.84. The van der Waals surface area contributed by atoms with E-state index < -0.39 is 9.84 Å². The van der Waals surface area contributed by atoms with Crippen LogP contribution < -0.4 is 5.32 Å². The van der Waals surface area contributed by atoms with E-state index in [1.165, 1.54) is 6.26 Å². The molecule has 1 unspecified atom stereocenters. The van der Waals surface area contributed by atoms with Crippen molar-refractivity contribution in [3.8, 4) is 0 Å². The zero-order valence-corrected chi connectivity index (χ0v) is 10.4. The summed E-state index contributed by atoms with van der Waals surface area (Å²) in [4.78, 5) is 2.18. The van der Waals surface area contributed by atoms with E-state index in [2.05, 4.69) is 17.1 Å². The molecule has 1 N–H and O–H groups in total. The molecule has 0 radical (unpaired) electrons. The van der Waals surface area contributed by atoms with Gasteiger partial charge in [-0.25, -0.2) is 8.42 Å². The molecule has 0 heterocycles. The first-order chi connectivity index (χ1) is 6.38. The summed E-state index contributed by atoms with van der Waals surface area (Å²) in [6.07, 6.45) is 1.28. The van der Waals surface area contributed by atoms with Crippen molar-refractivity contribution in [3.63, 3.8) is 0 Å². The minimum Gasteiger partial charge on any atom is -0.314 e. The van der Waals surface area contributed by atoms with Crippen LogP contribution in [0.15, 0.2) is 0 Å². The van der Waals surface area contributed by atoms with Crippen molar-refractivity contribution in [2.24, 2.45) is 0 Å². The van der Waals surface area contributed by atoms with Crippen molar-refractivity contribution in [2.45, 2.75) is 19.1 Å². The van der Waals surface area contributed by atoms with Gasteiger partial charge < -0.3 is 10.2 Å². The van der Waals surface area contributed by atoms with Crippen LogP contribution in [0, 0.1) is 0 Å². The Bertz CT molecular complexity index is 239. The number of hydrogen-bond donors (Lipinski definition) is 1. The van der Waals surface area contributed by atoms with Gasteiger partial charge in [0.05, 0.1) is 5.25 Å². The Labute approximate surface area is 87.6 Å². The first kappa shape index (κ1) is 13.9. The molecule has 86 valence electrons. The second kappa shape index (κ2) is 6.37. The number of nitrogens with one attached hydrogen (secondary N) is 1. The van der Waals surface area contributed by atoms with Gasteiger partial charge in [0.1, 0.15) is 0 Å². The van der Waals surface area contributed by atoms with Crippen LogP contribution >= 0.6 is 0 Å². The summed E-state index contributed by atoms with van der Waals surface area (Å²) in [5.41, 5.74) is 0. The number of rotatable bonds is 7. The van der Waals surface area contributed by atoms with Gasteiger partial charge in [-0.15, -0.1) is 0 Å². The smallest absolute Gasteiger partial charge is 0.151 e. The molecule has 4 nitrogen and oxygen atoms in total. The molecule has 0 saturated heterocycles. The minimum absolute atomic E-state index is 0.297. The predicted octanol–water partition coefficient (Wildman–Crippen LogP) is -0.0392. The van der Waals surface area contributed by atoms with E-state index in [1.54, 1.807) is 6.92 Å². The average Bonchev–Trinajstić information content (AvgIpc) is 2.09. The first-order valence-corrected chi connectivity index (χ1v) is 6.91. The van der Waals surface area contributed by atoms with E-state index in [1.807, 2.05) is 7.05 Å². The van der Waals surface area contributed by atoms with Crippen molar-refractivity contribution in [2.75, 3.05) is 39.5 Å². The maximum atomic E-state index is 11.1. The van der Waals surface area contributed by atoms with Gasteiger partial charge in [0.15, 0.2) is 9.84 Å². The van der Waals surface area contributed by atoms with Crippen molar-refractivity contribution in [1.82, 2.24) is 10.2 Å². The van der Waals surface area contributed by atoms with Gasteiger partial charge in [0.25, 0.3) is 0 Å². The van der Waals surface area contributed by atoms with Crippen LogP contribution in [0.2, 0.25) is 0 Å². The third-order valence-electron chi connectivity index (χ3n) is 2.37. The lowest BCUT2D eigenvalue weighted by Crippen LogP contribution is -2.35. The second-order valence-corrected chi connectivity index (χ2v) is 6.20. The molecule has 0 spiro atoms. The minimum atomic E-state index is -2.89. The third kappa shape index (κ3) is 6.34. The molecule has 0 aliphatic carbocycles. The van der Waals surface area contributed by atoms with Gasteiger partial charge in [0.2, 0.25) is 0 Å². The lowest BCUT2D eigenvalue weighted by Gasteiger charge is -2.15. The fraction of sp³-hybridized carbons (Fsp3) is 1.00. The SMILES string of the molecule is CCN(C)CCNCC(C)S(C)(=O)=O. The summed E-state index contributed by atoms with van der Waals surface area (Å²) in [6.45, 7) is 7.17. The van der Waals surface area contributed by atoms with Crippen molar-refractivity contribution < 1.29 is 8.42 Å². The summed E-state index contributed by atoms with van der Waals surface area (Å²) in [6, 6.07) is 0. The Balaban J connectivity index is 3.56. The Morgan fingerprint density at radius 1 is 1.43 bits per heavy atom.